The summed E-state index contributed by atoms with van der Waals surface area (Å²) < 4.78 is 0. The van der Waals surface area contributed by atoms with Gasteiger partial charge in [-0.15, -0.1) is 0 Å². The van der Waals surface area contributed by atoms with E-state index in [1.807, 2.05) is 6.92 Å². The summed E-state index contributed by atoms with van der Waals surface area (Å²) in [6, 6.07) is 0. The largest absolute Gasteiger partial charge is 0.390 e. The van der Waals surface area contributed by atoms with E-state index in [4.69, 9.17) is 0 Å². The molecule has 0 unspecified atom stereocenters. The summed E-state index contributed by atoms with van der Waals surface area (Å²) in [5.74, 6) is 0.516. The Hall–Kier alpha value is -0.0400. The van der Waals surface area contributed by atoms with Gasteiger partial charge in [-0.1, -0.05) is 13.3 Å². The Morgan fingerprint density at radius 2 is 2.25 bits per heavy atom. The average molecular weight is 114 g/mol. The molecular formula is C7H14O. The van der Waals surface area contributed by atoms with Crippen molar-refractivity contribution in [2.24, 2.45) is 5.92 Å². The van der Waals surface area contributed by atoms with Crippen LogP contribution in [-0.2, 0) is 0 Å². The van der Waals surface area contributed by atoms with Crippen molar-refractivity contribution >= 4 is 0 Å². The van der Waals surface area contributed by atoms with Crippen LogP contribution in [0, 0.1) is 5.92 Å². The van der Waals surface area contributed by atoms with E-state index < -0.39 is 0 Å². The van der Waals surface area contributed by atoms with Crippen molar-refractivity contribution in [1.29, 1.82) is 0 Å². The maximum Gasteiger partial charge on any atom is 0.0645 e. The lowest BCUT2D eigenvalue weighted by Crippen LogP contribution is -2.26. The topological polar surface area (TPSA) is 20.2 Å². The van der Waals surface area contributed by atoms with Gasteiger partial charge >= 0.3 is 0 Å². The Labute approximate surface area is 50.7 Å². The van der Waals surface area contributed by atoms with Gasteiger partial charge in [0.2, 0.25) is 0 Å². The van der Waals surface area contributed by atoms with Gasteiger partial charge in [-0.3, -0.25) is 0 Å². The third-order valence-electron chi connectivity index (χ3n) is 2.38. The molecule has 0 bridgehead atoms. The zero-order valence-electron chi connectivity index (χ0n) is 5.65. The lowest BCUT2D eigenvalue weighted by molar-refractivity contribution is 0.0284. The Bertz CT molecular complexity index is 86.4. The first-order chi connectivity index (χ1) is 3.63. The predicted octanol–water partition coefficient (Wildman–Crippen LogP) is 1.56. The van der Waals surface area contributed by atoms with Gasteiger partial charge in [0, 0.05) is 0 Å². The fourth-order valence-electron chi connectivity index (χ4n) is 1.32. The highest BCUT2D eigenvalue weighted by molar-refractivity contribution is 4.84. The van der Waals surface area contributed by atoms with Crippen LogP contribution in [0.5, 0.6) is 0 Å². The molecule has 0 aromatic rings. The number of hydrogen-bond donors (Lipinski definition) is 1. The first kappa shape index (κ1) is 6.09. The van der Waals surface area contributed by atoms with Crippen LogP contribution >= 0.6 is 0 Å². The fraction of sp³-hybridized carbons (Fsp3) is 1.00. The smallest absolute Gasteiger partial charge is 0.0645 e. The molecule has 1 heteroatoms. The lowest BCUT2D eigenvalue weighted by atomic mass is 9.95. The van der Waals surface area contributed by atoms with E-state index in [-0.39, 0.29) is 5.60 Å². The molecule has 1 saturated carbocycles. The van der Waals surface area contributed by atoms with Crippen LogP contribution in [0.1, 0.15) is 33.1 Å². The van der Waals surface area contributed by atoms with Gasteiger partial charge < -0.3 is 5.11 Å². The Morgan fingerprint density at radius 1 is 1.62 bits per heavy atom. The molecule has 0 radical (unpaired) electrons. The molecule has 1 aliphatic rings. The summed E-state index contributed by atoms with van der Waals surface area (Å²) in [5, 5.41) is 9.46. The minimum atomic E-state index is -0.347. The van der Waals surface area contributed by atoms with E-state index in [1.54, 1.807) is 0 Å². The summed E-state index contributed by atoms with van der Waals surface area (Å²) in [5.41, 5.74) is -0.347. The van der Waals surface area contributed by atoms with Gasteiger partial charge in [0.1, 0.15) is 0 Å². The summed E-state index contributed by atoms with van der Waals surface area (Å²) in [4.78, 5) is 0. The normalized spacial score (nSPS) is 47.6. The molecule has 0 aliphatic heterocycles. The quantitative estimate of drug-likeness (QED) is 0.506. The van der Waals surface area contributed by atoms with Crippen LogP contribution in [0.15, 0.2) is 0 Å². The van der Waals surface area contributed by atoms with Crippen LogP contribution in [0.25, 0.3) is 0 Å². The van der Waals surface area contributed by atoms with E-state index in [1.165, 1.54) is 12.8 Å². The predicted molar refractivity (Wildman–Crippen MR) is 33.6 cm³/mol. The molecule has 0 spiro atoms. The molecule has 1 nitrogen and oxygen atoms in total. The first-order valence-corrected chi connectivity index (χ1v) is 3.35. The van der Waals surface area contributed by atoms with Gasteiger partial charge in [-0.05, 0) is 25.7 Å². The SMILES string of the molecule is C[C@@H]1CCC[C@]1(C)O. The van der Waals surface area contributed by atoms with Crippen LogP contribution in [-0.4, -0.2) is 10.7 Å². The highest BCUT2D eigenvalue weighted by atomic mass is 16.3. The van der Waals surface area contributed by atoms with E-state index in [0.29, 0.717) is 5.92 Å². The van der Waals surface area contributed by atoms with E-state index >= 15 is 0 Å². The minimum Gasteiger partial charge on any atom is -0.390 e. The van der Waals surface area contributed by atoms with E-state index in [9.17, 15) is 5.11 Å². The lowest BCUT2D eigenvalue weighted by Gasteiger charge is -2.20. The van der Waals surface area contributed by atoms with Gasteiger partial charge in [-0.2, -0.15) is 0 Å². The standard InChI is InChI=1S/C7H14O/c1-6-4-3-5-7(6,2)8/h6,8H,3-5H2,1-2H3/t6-,7+/m1/s1. The van der Waals surface area contributed by atoms with Gasteiger partial charge in [0.25, 0.3) is 0 Å². The number of rotatable bonds is 0. The zero-order valence-corrected chi connectivity index (χ0v) is 5.65. The first-order valence-electron chi connectivity index (χ1n) is 3.35. The number of aliphatic hydroxyl groups is 1. The summed E-state index contributed by atoms with van der Waals surface area (Å²) in [6.45, 7) is 4.05. The maximum absolute atomic E-state index is 9.46. The van der Waals surface area contributed by atoms with Gasteiger partial charge in [0.15, 0.2) is 0 Å². The second kappa shape index (κ2) is 1.73. The Kier molecular flexibility index (Phi) is 1.31. The van der Waals surface area contributed by atoms with Crippen molar-refractivity contribution in [3.05, 3.63) is 0 Å². The van der Waals surface area contributed by atoms with Crippen molar-refractivity contribution in [3.8, 4) is 0 Å². The molecule has 1 rings (SSSR count). The van der Waals surface area contributed by atoms with Gasteiger partial charge in [-0.25, -0.2) is 0 Å². The van der Waals surface area contributed by atoms with Crippen molar-refractivity contribution in [2.75, 3.05) is 0 Å². The second-order valence-electron chi connectivity index (χ2n) is 3.15. The minimum absolute atomic E-state index is 0.347. The molecule has 2 atom stereocenters. The summed E-state index contributed by atoms with van der Waals surface area (Å²) >= 11 is 0. The third-order valence-corrected chi connectivity index (χ3v) is 2.38. The van der Waals surface area contributed by atoms with Crippen LogP contribution < -0.4 is 0 Å². The second-order valence-corrected chi connectivity index (χ2v) is 3.15. The van der Waals surface area contributed by atoms with Crippen molar-refractivity contribution in [1.82, 2.24) is 0 Å². The highest BCUT2D eigenvalue weighted by Crippen LogP contribution is 2.34. The maximum atomic E-state index is 9.46. The van der Waals surface area contributed by atoms with Crippen LogP contribution in [0.2, 0.25) is 0 Å². The zero-order chi connectivity index (χ0) is 6.20. The molecule has 1 aliphatic carbocycles. The monoisotopic (exact) mass is 114 g/mol. The number of hydrogen-bond acceptors (Lipinski definition) is 1. The molecule has 0 saturated heterocycles. The highest BCUT2D eigenvalue weighted by Gasteiger charge is 2.32. The average Bonchev–Trinajstić information content (AvgIpc) is 1.86. The van der Waals surface area contributed by atoms with Crippen molar-refractivity contribution in [2.45, 2.75) is 38.7 Å². The van der Waals surface area contributed by atoms with E-state index in [2.05, 4.69) is 6.92 Å². The molecule has 1 N–H and O–H groups in total. The van der Waals surface area contributed by atoms with Crippen LogP contribution in [0.3, 0.4) is 0 Å². The molecule has 0 heterocycles. The molecular weight excluding hydrogens is 100 g/mol. The molecule has 8 heavy (non-hydrogen) atoms. The molecule has 1 fully saturated rings. The van der Waals surface area contributed by atoms with E-state index in [0.717, 1.165) is 6.42 Å². The Balaban J connectivity index is 2.54. The third kappa shape index (κ3) is 0.873. The fourth-order valence-corrected chi connectivity index (χ4v) is 1.32. The molecule has 0 aromatic carbocycles. The van der Waals surface area contributed by atoms with Crippen LogP contribution in [0.4, 0.5) is 0 Å². The molecule has 0 amide bonds. The van der Waals surface area contributed by atoms with Crippen molar-refractivity contribution in [3.63, 3.8) is 0 Å². The summed E-state index contributed by atoms with van der Waals surface area (Å²) in [7, 11) is 0. The summed E-state index contributed by atoms with van der Waals surface area (Å²) in [6.07, 6.45) is 3.40. The molecule has 48 valence electrons. The van der Waals surface area contributed by atoms with Gasteiger partial charge in [0.05, 0.1) is 5.60 Å². The Morgan fingerprint density at radius 3 is 2.38 bits per heavy atom. The molecule has 0 aromatic heterocycles. The van der Waals surface area contributed by atoms with Crippen molar-refractivity contribution < 1.29 is 5.11 Å².